The minimum Gasteiger partial charge on any atom is -0.508 e. The van der Waals surface area contributed by atoms with Crippen LogP contribution in [-0.2, 0) is 0 Å². The SMILES string of the molecule is Nc1c(Cl)cc(N=Cc2ccc(O)cc2)cc1Cl. The number of halogens is 2. The Balaban J connectivity index is 2.26. The van der Waals surface area contributed by atoms with Crippen molar-refractivity contribution in [2.45, 2.75) is 0 Å². The van der Waals surface area contributed by atoms with Crippen LogP contribution in [0.15, 0.2) is 41.4 Å². The van der Waals surface area contributed by atoms with Crippen molar-refractivity contribution in [2.75, 3.05) is 5.73 Å². The molecule has 0 amide bonds. The molecule has 0 saturated carbocycles. The van der Waals surface area contributed by atoms with Crippen LogP contribution in [0.25, 0.3) is 0 Å². The van der Waals surface area contributed by atoms with Crippen molar-refractivity contribution in [1.29, 1.82) is 0 Å². The average molecular weight is 281 g/mol. The lowest BCUT2D eigenvalue weighted by Crippen LogP contribution is -1.87. The second-order valence-corrected chi connectivity index (χ2v) is 4.49. The van der Waals surface area contributed by atoms with E-state index in [1.807, 2.05) is 0 Å². The summed E-state index contributed by atoms with van der Waals surface area (Å²) < 4.78 is 0. The number of aromatic hydroxyl groups is 1. The van der Waals surface area contributed by atoms with E-state index >= 15 is 0 Å². The quantitative estimate of drug-likeness (QED) is 0.645. The summed E-state index contributed by atoms with van der Waals surface area (Å²) in [5.74, 6) is 0.214. The van der Waals surface area contributed by atoms with Gasteiger partial charge in [0.15, 0.2) is 0 Å². The summed E-state index contributed by atoms with van der Waals surface area (Å²) in [6.45, 7) is 0. The van der Waals surface area contributed by atoms with Gasteiger partial charge in [-0.25, -0.2) is 0 Å². The minimum absolute atomic E-state index is 0.214. The third-order valence-corrected chi connectivity index (χ3v) is 2.95. The van der Waals surface area contributed by atoms with Gasteiger partial charge in [-0.05, 0) is 42.0 Å². The van der Waals surface area contributed by atoms with E-state index in [2.05, 4.69) is 4.99 Å². The summed E-state index contributed by atoms with van der Waals surface area (Å²) >= 11 is 11.8. The smallest absolute Gasteiger partial charge is 0.115 e. The number of phenolic OH excluding ortho intramolecular Hbond substituents is 1. The number of hydrogen-bond acceptors (Lipinski definition) is 3. The van der Waals surface area contributed by atoms with Gasteiger partial charge < -0.3 is 10.8 Å². The highest BCUT2D eigenvalue weighted by Crippen LogP contribution is 2.32. The molecule has 0 radical (unpaired) electrons. The van der Waals surface area contributed by atoms with Crippen LogP contribution in [0.1, 0.15) is 5.56 Å². The van der Waals surface area contributed by atoms with Crippen LogP contribution in [0.2, 0.25) is 10.0 Å². The van der Waals surface area contributed by atoms with Gasteiger partial charge in [0.1, 0.15) is 5.75 Å². The molecule has 0 spiro atoms. The van der Waals surface area contributed by atoms with Gasteiger partial charge in [0, 0.05) is 6.21 Å². The van der Waals surface area contributed by atoms with Gasteiger partial charge in [-0.3, -0.25) is 4.99 Å². The first-order valence-electron chi connectivity index (χ1n) is 5.14. The molecule has 18 heavy (non-hydrogen) atoms. The Morgan fingerprint density at radius 2 is 1.61 bits per heavy atom. The Bertz CT molecular complexity index is 571. The molecule has 0 atom stereocenters. The fourth-order valence-corrected chi connectivity index (χ4v) is 1.83. The van der Waals surface area contributed by atoms with Gasteiger partial charge >= 0.3 is 0 Å². The molecule has 0 unspecified atom stereocenters. The predicted molar refractivity (Wildman–Crippen MR) is 76.2 cm³/mol. The first-order chi connectivity index (χ1) is 8.56. The van der Waals surface area contributed by atoms with E-state index in [0.29, 0.717) is 21.4 Å². The number of phenols is 1. The summed E-state index contributed by atoms with van der Waals surface area (Å²) in [4.78, 5) is 4.24. The standard InChI is InChI=1S/C13H10Cl2N2O/c14-11-5-9(6-12(15)13(11)16)17-7-8-1-3-10(18)4-2-8/h1-7,18H,16H2. The first kappa shape index (κ1) is 12.7. The van der Waals surface area contributed by atoms with Crippen LogP contribution in [0.5, 0.6) is 5.75 Å². The highest BCUT2D eigenvalue weighted by Gasteiger charge is 2.03. The number of benzene rings is 2. The largest absolute Gasteiger partial charge is 0.508 e. The summed E-state index contributed by atoms with van der Waals surface area (Å²) in [6, 6.07) is 9.95. The highest BCUT2D eigenvalue weighted by atomic mass is 35.5. The van der Waals surface area contributed by atoms with Crippen molar-refractivity contribution in [3.8, 4) is 5.75 Å². The average Bonchev–Trinajstić information content (AvgIpc) is 2.35. The number of rotatable bonds is 2. The summed E-state index contributed by atoms with van der Waals surface area (Å²) in [5.41, 5.74) is 7.46. The van der Waals surface area contributed by atoms with Crippen molar-refractivity contribution in [3.05, 3.63) is 52.0 Å². The summed E-state index contributed by atoms with van der Waals surface area (Å²) in [7, 11) is 0. The summed E-state index contributed by atoms with van der Waals surface area (Å²) in [5, 5.41) is 9.90. The van der Waals surface area contributed by atoms with Crippen LogP contribution in [0, 0.1) is 0 Å². The lowest BCUT2D eigenvalue weighted by atomic mass is 10.2. The van der Waals surface area contributed by atoms with E-state index in [1.54, 1.807) is 42.6 Å². The van der Waals surface area contributed by atoms with Crippen LogP contribution >= 0.6 is 23.2 Å². The maximum atomic E-state index is 9.15. The van der Waals surface area contributed by atoms with Crippen LogP contribution in [0.3, 0.4) is 0 Å². The molecule has 0 aromatic heterocycles. The van der Waals surface area contributed by atoms with Crippen molar-refractivity contribution >= 4 is 40.8 Å². The molecular formula is C13H10Cl2N2O. The van der Waals surface area contributed by atoms with E-state index in [4.69, 9.17) is 34.0 Å². The van der Waals surface area contributed by atoms with Crippen LogP contribution < -0.4 is 5.73 Å². The van der Waals surface area contributed by atoms with Crippen LogP contribution in [0.4, 0.5) is 11.4 Å². The van der Waals surface area contributed by atoms with E-state index in [9.17, 15) is 0 Å². The second kappa shape index (κ2) is 5.29. The van der Waals surface area contributed by atoms with Gasteiger partial charge in [0.05, 0.1) is 21.4 Å². The first-order valence-corrected chi connectivity index (χ1v) is 5.89. The zero-order valence-corrected chi connectivity index (χ0v) is 10.8. The lowest BCUT2D eigenvalue weighted by molar-refractivity contribution is 0.475. The molecule has 2 rings (SSSR count). The maximum Gasteiger partial charge on any atom is 0.115 e. The molecule has 2 aromatic rings. The molecule has 0 bridgehead atoms. The van der Waals surface area contributed by atoms with Crippen molar-refractivity contribution in [1.82, 2.24) is 0 Å². The number of hydrogen-bond donors (Lipinski definition) is 2. The minimum atomic E-state index is 0.214. The summed E-state index contributed by atoms with van der Waals surface area (Å²) in [6.07, 6.45) is 1.65. The zero-order valence-electron chi connectivity index (χ0n) is 9.27. The predicted octanol–water partition coefficient (Wildman–Crippen LogP) is 4.03. The van der Waals surface area contributed by atoms with Crippen molar-refractivity contribution < 1.29 is 5.11 Å². The molecule has 2 aromatic carbocycles. The Kier molecular flexibility index (Phi) is 3.75. The van der Waals surface area contributed by atoms with E-state index in [-0.39, 0.29) is 5.75 Å². The molecule has 0 aliphatic carbocycles. The number of nitrogens with two attached hydrogens (primary N) is 1. The van der Waals surface area contributed by atoms with Gasteiger partial charge in [-0.15, -0.1) is 0 Å². The van der Waals surface area contributed by atoms with Gasteiger partial charge in [0.25, 0.3) is 0 Å². The topological polar surface area (TPSA) is 58.6 Å². The molecule has 0 aliphatic rings. The van der Waals surface area contributed by atoms with Gasteiger partial charge in [-0.2, -0.15) is 0 Å². The fraction of sp³-hybridized carbons (Fsp3) is 0. The Hall–Kier alpha value is -1.71. The molecular weight excluding hydrogens is 271 g/mol. The van der Waals surface area contributed by atoms with Crippen LogP contribution in [-0.4, -0.2) is 11.3 Å². The Morgan fingerprint density at radius 1 is 1.06 bits per heavy atom. The Morgan fingerprint density at radius 3 is 2.17 bits per heavy atom. The van der Waals surface area contributed by atoms with Gasteiger partial charge in [-0.1, -0.05) is 23.2 Å². The molecule has 92 valence electrons. The lowest BCUT2D eigenvalue weighted by Gasteiger charge is -2.02. The molecule has 3 N–H and O–H groups in total. The molecule has 0 aliphatic heterocycles. The molecule has 5 heteroatoms. The van der Waals surface area contributed by atoms with Crippen molar-refractivity contribution in [3.63, 3.8) is 0 Å². The molecule has 0 fully saturated rings. The van der Waals surface area contributed by atoms with Crippen molar-refractivity contribution in [2.24, 2.45) is 4.99 Å². The number of nitrogens with zero attached hydrogens (tertiary/aromatic N) is 1. The monoisotopic (exact) mass is 280 g/mol. The van der Waals surface area contributed by atoms with Gasteiger partial charge in [0.2, 0.25) is 0 Å². The third-order valence-electron chi connectivity index (χ3n) is 2.32. The fourth-order valence-electron chi connectivity index (χ4n) is 1.35. The molecule has 0 saturated heterocycles. The maximum absolute atomic E-state index is 9.15. The normalized spacial score (nSPS) is 11.0. The number of nitrogen functional groups attached to an aromatic ring is 1. The second-order valence-electron chi connectivity index (χ2n) is 3.67. The molecule has 3 nitrogen and oxygen atoms in total. The zero-order chi connectivity index (χ0) is 13.1. The number of aliphatic imine (C=N–C) groups is 1. The molecule has 0 heterocycles. The third kappa shape index (κ3) is 2.94. The highest BCUT2D eigenvalue weighted by molar-refractivity contribution is 6.39. The Labute approximate surface area is 114 Å². The number of anilines is 1. The van der Waals surface area contributed by atoms with E-state index in [1.165, 1.54) is 0 Å². The van der Waals surface area contributed by atoms with E-state index in [0.717, 1.165) is 5.56 Å². The van der Waals surface area contributed by atoms with E-state index < -0.39 is 0 Å².